The van der Waals surface area contributed by atoms with Crippen LogP contribution < -0.4 is 0 Å². The van der Waals surface area contributed by atoms with Crippen LogP contribution in [0, 0.1) is 12.3 Å². The number of aryl methyl sites for hydroxylation is 1. The Morgan fingerprint density at radius 2 is 1.64 bits per heavy atom. The van der Waals surface area contributed by atoms with Crippen molar-refractivity contribution in [3.8, 4) is 0 Å². The smallest absolute Gasteiger partial charge is 0.339 e. The van der Waals surface area contributed by atoms with Crippen LogP contribution in [0.5, 0.6) is 0 Å². The Morgan fingerprint density at radius 1 is 1.04 bits per heavy atom. The molecule has 0 heterocycles. The van der Waals surface area contributed by atoms with E-state index in [0.717, 1.165) is 23.1 Å². The predicted octanol–water partition coefficient (Wildman–Crippen LogP) is 4.41. The van der Waals surface area contributed by atoms with Crippen molar-refractivity contribution in [2.45, 2.75) is 39.9 Å². The molecule has 148 valence electrons. The third-order valence-corrected chi connectivity index (χ3v) is 5.31. The largest absolute Gasteiger partial charge is 0.465 e. The monoisotopic (exact) mass is 382 g/mol. The van der Waals surface area contributed by atoms with E-state index in [4.69, 9.17) is 14.2 Å². The van der Waals surface area contributed by atoms with E-state index in [2.05, 4.69) is 13.8 Å². The number of carbonyl (C=O) groups excluding carboxylic acids is 2. The lowest BCUT2D eigenvalue weighted by molar-refractivity contribution is -0.0275. The highest BCUT2D eigenvalue weighted by molar-refractivity contribution is 6.05. The molecule has 28 heavy (non-hydrogen) atoms. The molecular formula is C23H26O5. The third kappa shape index (κ3) is 3.54. The Balaban J connectivity index is 2.12. The van der Waals surface area contributed by atoms with Gasteiger partial charge in [-0.3, -0.25) is 0 Å². The summed E-state index contributed by atoms with van der Waals surface area (Å²) in [6.45, 7) is 6.44. The number of esters is 2. The molecule has 0 fully saturated rings. The summed E-state index contributed by atoms with van der Waals surface area (Å²) < 4.78 is 16.3. The Labute approximate surface area is 165 Å². The zero-order valence-electron chi connectivity index (χ0n) is 17.0. The Bertz CT molecular complexity index is 899. The van der Waals surface area contributed by atoms with E-state index in [1.807, 2.05) is 43.3 Å². The van der Waals surface area contributed by atoms with Crippen molar-refractivity contribution in [2.24, 2.45) is 5.41 Å². The molecular weight excluding hydrogens is 356 g/mol. The lowest BCUT2D eigenvalue weighted by Gasteiger charge is -2.29. The molecule has 5 heteroatoms. The lowest BCUT2D eigenvalue weighted by atomic mass is 9.86. The fraction of sp³-hybridized carbons (Fsp3) is 0.391. The van der Waals surface area contributed by atoms with Crippen molar-refractivity contribution >= 4 is 11.9 Å². The van der Waals surface area contributed by atoms with Gasteiger partial charge in [0, 0.05) is 0 Å². The van der Waals surface area contributed by atoms with E-state index >= 15 is 0 Å². The van der Waals surface area contributed by atoms with Gasteiger partial charge >= 0.3 is 11.9 Å². The van der Waals surface area contributed by atoms with Gasteiger partial charge in [-0.15, -0.1) is 0 Å². The van der Waals surface area contributed by atoms with Crippen LogP contribution in [0.15, 0.2) is 36.4 Å². The maximum Gasteiger partial charge on any atom is 0.339 e. The molecule has 1 aliphatic carbocycles. The molecule has 2 aromatic rings. The van der Waals surface area contributed by atoms with Crippen LogP contribution in [0.25, 0.3) is 0 Å². The van der Waals surface area contributed by atoms with Gasteiger partial charge in [-0.25, -0.2) is 9.59 Å². The molecule has 0 saturated carbocycles. The number of rotatable bonds is 5. The molecule has 3 rings (SSSR count). The first-order valence-corrected chi connectivity index (χ1v) is 9.28. The normalized spacial score (nSPS) is 17.1. The Morgan fingerprint density at radius 3 is 2.25 bits per heavy atom. The molecule has 5 nitrogen and oxygen atoms in total. The maximum atomic E-state index is 12.7. The first kappa shape index (κ1) is 20.1. The van der Waals surface area contributed by atoms with Gasteiger partial charge in [0.05, 0.1) is 38.1 Å². The van der Waals surface area contributed by atoms with E-state index in [1.165, 1.54) is 14.2 Å². The van der Waals surface area contributed by atoms with Gasteiger partial charge in [0.1, 0.15) is 0 Å². The summed E-state index contributed by atoms with van der Waals surface area (Å²) >= 11 is 0. The van der Waals surface area contributed by atoms with E-state index in [1.54, 1.807) is 0 Å². The zero-order chi connectivity index (χ0) is 20.5. The SMILES string of the molecule is COC(=O)c1c(C)cc2c(c1C(=O)OC)C(OCc1ccccc1)C(C)(C)C2. The second kappa shape index (κ2) is 7.76. The summed E-state index contributed by atoms with van der Waals surface area (Å²) in [6.07, 6.45) is 0.398. The van der Waals surface area contributed by atoms with Crippen molar-refractivity contribution < 1.29 is 23.8 Å². The average molecular weight is 382 g/mol. The predicted molar refractivity (Wildman–Crippen MR) is 105 cm³/mol. The highest BCUT2D eigenvalue weighted by Gasteiger charge is 2.44. The molecule has 0 N–H and O–H groups in total. The van der Waals surface area contributed by atoms with Gasteiger partial charge in [-0.2, -0.15) is 0 Å². The van der Waals surface area contributed by atoms with Gasteiger partial charge in [0.15, 0.2) is 0 Å². The molecule has 0 aliphatic heterocycles. The zero-order valence-corrected chi connectivity index (χ0v) is 17.0. The van der Waals surface area contributed by atoms with E-state index < -0.39 is 11.9 Å². The second-order valence-corrected chi connectivity index (χ2v) is 7.84. The van der Waals surface area contributed by atoms with Crippen LogP contribution in [0.1, 0.15) is 62.9 Å². The number of methoxy groups -OCH3 is 2. The second-order valence-electron chi connectivity index (χ2n) is 7.84. The number of hydrogen-bond donors (Lipinski definition) is 0. The highest BCUT2D eigenvalue weighted by Crippen LogP contribution is 2.50. The minimum atomic E-state index is -0.550. The quantitative estimate of drug-likeness (QED) is 0.717. The number of hydrogen-bond acceptors (Lipinski definition) is 5. The molecule has 0 amide bonds. The fourth-order valence-electron chi connectivity index (χ4n) is 4.07. The molecule has 0 aromatic heterocycles. The number of carbonyl (C=O) groups is 2. The van der Waals surface area contributed by atoms with Crippen LogP contribution in [-0.4, -0.2) is 26.2 Å². The van der Waals surface area contributed by atoms with Gasteiger partial charge in [0.2, 0.25) is 0 Å². The van der Waals surface area contributed by atoms with E-state index in [0.29, 0.717) is 12.2 Å². The van der Waals surface area contributed by atoms with E-state index in [-0.39, 0.29) is 22.6 Å². The summed E-state index contributed by atoms with van der Waals surface area (Å²) in [4.78, 5) is 25.2. The van der Waals surface area contributed by atoms with Crippen LogP contribution in [0.3, 0.4) is 0 Å². The third-order valence-electron chi connectivity index (χ3n) is 5.31. The first-order valence-electron chi connectivity index (χ1n) is 9.28. The summed E-state index contributed by atoms with van der Waals surface area (Å²) in [5.74, 6) is -1.10. The first-order chi connectivity index (χ1) is 13.3. The summed E-state index contributed by atoms with van der Waals surface area (Å²) in [5.41, 5.74) is 3.76. The van der Waals surface area contributed by atoms with Gasteiger partial charge in [-0.05, 0) is 41.0 Å². The molecule has 0 radical (unpaired) electrons. The van der Waals surface area contributed by atoms with Crippen LogP contribution in [0.4, 0.5) is 0 Å². The maximum absolute atomic E-state index is 12.7. The summed E-state index contributed by atoms with van der Waals surface area (Å²) in [6, 6.07) is 11.8. The van der Waals surface area contributed by atoms with Gasteiger partial charge in [0.25, 0.3) is 0 Å². The molecule has 1 atom stereocenters. The number of benzene rings is 2. The molecule has 1 unspecified atom stereocenters. The van der Waals surface area contributed by atoms with Gasteiger partial charge in [-0.1, -0.05) is 50.2 Å². The van der Waals surface area contributed by atoms with Crippen LogP contribution in [-0.2, 0) is 27.2 Å². The number of ether oxygens (including phenoxy) is 3. The Kier molecular flexibility index (Phi) is 5.57. The van der Waals surface area contributed by atoms with Crippen molar-refractivity contribution in [1.29, 1.82) is 0 Å². The molecule has 0 saturated heterocycles. The average Bonchev–Trinajstić information content (AvgIpc) is 2.93. The van der Waals surface area contributed by atoms with Crippen molar-refractivity contribution in [3.05, 3.63) is 69.8 Å². The standard InChI is InChI=1S/C23H26O5/c1-14-11-16-12-23(2,3)20(28-13-15-9-7-6-8-10-15)18(16)19(22(25)27-5)17(14)21(24)26-4/h6-11,20H,12-13H2,1-5H3. The van der Waals surface area contributed by atoms with Crippen LogP contribution in [0.2, 0.25) is 0 Å². The van der Waals surface area contributed by atoms with E-state index in [9.17, 15) is 9.59 Å². The molecule has 0 bridgehead atoms. The number of fused-ring (bicyclic) bond motifs is 1. The molecule has 0 spiro atoms. The highest BCUT2D eigenvalue weighted by atomic mass is 16.5. The van der Waals surface area contributed by atoms with Crippen molar-refractivity contribution in [2.75, 3.05) is 14.2 Å². The summed E-state index contributed by atoms with van der Waals surface area (Å²) in [5, 5.41) is 0. The van der Waals surface area contributed by atoms with Crippen LogP contribution >= 0.6 is 0 Å². The molecule has 1 aliphatic rings. The topological polar surface area (TPSA) is 61.8 Å². The van der Waals surface area contributed by atoms with Gasteiger partial charge < -0.3 is 14.2 Å². The minimum Gasteiger partial charge on any atom is -0.465 e. The fourth-order valence-corrected chi connectivity index (χ4v) is 4.07. The van der Waals surface area contributed by atoms with Crippen molar-refractivity contribution in [3.63, 3.8) is 0 Å². The Hall–Kier alpha value is -2.66. The summed E-state index contributed by atoms with van der Waals surface area (Å²) in [7, 11) is 2.63. The van der Waals surface area contributed by atoms with Crippen molar-refractivity contribution in [1.82, 2.24) is 0 Å². The lowest BCUT2D eigenvalue weighted by Crippen LogP contribution is -2.23. The molecule has 2 aromatic carbocycles. The minimum absolute atomic E-state index is 0.235.